The summed E-state index contributed by atoms with van der Waals surface area (Å²) >= 11 is 0. The van der Waals surface area contributed by atoms with Crippen LogP contribution in [0, 0.1) is 0 Å². The number of hydrazine groups is 1. The van der Waals surface area contributed by atoms with Crippen LogP contribution in [0.3, 0.4) is 0 Å². The molecular weight excluding hydrogens is 268 g/mol. The van der Waals surface area contributed by atoms with Crippen molar-refractivity contribution in [3.63, 3.8) is 0 Å². The van der Waals surface area contributed by atoms with Crippen molar-refractivity contribution in [2.75, 3.05) is 20.3 Å². The van der Waals surface area contributed by atoms with Crippen LogP contribution in [0.15, 0.2) is 18.2 Å². The molecule has 1 aromatic carbocycles. The van der Waals surface area contributed by atoms with Crippen LogP contribution in [0.5, 0.6) is 11.5 Å². The van der Waals surface area contributed by atoms with Gasteiger partial charge in [0.25, 0.3) is 0 Å². The van der Waals surface area contributed by atoms with Gasteiger partial charge >= 0.3 is 0 Å². The number of benzene rings is 1. The van der Waals surface area contributed by atoms with Gasteiger partial charge in [-0.3, -0.25) is 11.3 Å². The van der Waals surface area contributed by atoms with Crippen LogP contribution in [0.1, 0.15) is 43.7 Å². The molecule has 1 fully saturated rings. The first-order chi connectivity index (χ1) is 10.3. The van der Waals surface area contributed by atoms with Crippen molar-refractivity contribution in [3.8, 4) is 11.5 Å². The predicted octanol–water partition coefficient (Wildman–Crippen LogP) is 2.31. The fourth-order valence-electron chi connectivity index (χ4n) is 3.50. The summed E-state index contributed by atoms with van der Waals surface area (Å²) in [5, 5.41) is 0. The normalized spacial score (nSPS) is 21.8. The summed E-state index contributed by atoms with van der Waals surface area (Å²) in [6, 6.07) is 6.02. The van der Waals surface area contributed by atoms with E-state index in [0.717, 1.165) is 36.3 Å². The Morgan fingerprint density at radius 3 is 2.52 bits per heavy atom. The Balaban J connectivity index is 1.92. The first-order valence-electron chi connectivity index (χ1n) is 7.70. The van der Waals surface area contributed by atoms with Crippen molar-refractivity contribution >= 4 is 0 Å². The summed E-state index contributed by atoms with van der Waals surface area (Å²) in [6.07, 6.45) is 5.30. The van der Waals surface area contributed by atoms with Crippen molar-refractivity contribution in [1.82, 2.24) is 5.43 Å². The Morgan fingerprint density at radius 2 is 1.86 bits per heavy atom. The third-order valence-corrected chi connectivity index (χ3v) is 4.65. The van der Waals surface area contributed by atoms with Crippen LogP contribution in [0.25, 0.3) is 0 Å². The largest absolute Gasteiger partial charge is 0.490 e. The number of methoxy groups -OCH3 is 1. The van der Waals surface area contributed by atoms with E-state index in [-0.39, 0.29) is 11.6 Å². The van der Waals surface area contributed by atoms with E-state index in [1.165, 1.54) is 12.8 Å². The molecule has 21 heavy (non-hydrogen) atoms. The van der Waals surface area contributed by atoms with E-state index in [4.69, 9.17) is 20.1 Å². The molecule has 5 nitrogen and oxygen atoms in total. The fraction of sp³-hybridized carbons (Fsp3) is 0.625. The van der Waals surface area contributed by atoms with Gasteiger partial charge in [0.1, 0.15) is 0 Å². The smallest absolute Gasteiger partial charge is 0.161 e. The molecule has 1 unspecified atom stereocenters. The summed E-state index contributed by atoms with van der Waals surface area (Å²) in [6.45, 7) is 1.39. The second-order valence-corrected chi connectivity index (χ2v) is 5.83. The van der Waals surface area contributed by atoms with E-state index >= 15 is 0 Å². The molecule has 0 bridgehead atoms. The summed E-state index contributed by atoms with van der Waals surface area (Å²) in [5.41, 5.74) is 3.81. The zero-order valence-electron chi connectivity index (χ0n) is 12.6. The Labute approximate surface area is 125 Å². The molecule has 0 amide bonds. The van der Waals surface area contributed by atoms with Gasteiger partial charge in [-0.2, -0.15) is 0 Å². The molecule has 5 heteroatoms. The van der Waals surface area contributed by atoms with Gasteiger partial charge in [-0.15, -0.1) is 0 Å². The van der Waals surface area contributed by atoms with Crippen molar-refractivity contribution in [2.24, 2.45) is 5.84 Å². The fourth-order valence-corrected chi connectivity index (χ4v) is 3.50. The highest BCUT2D eigenvalue weighted by Crippen LogP contribution is 2.43. The highest BCUT2D eigenvalue weighted by atomic mass is 16.5. The molecule has 3 rings (SSSR count). The molecule has 1 heterocycles. The average Bonchev–Trinajstić information content (AvgIpc) is 2.87. The van der Waals surface area contributed by atoms with Gasteiger partial charge in [0.2, 0.25) is 0 Å². The van der Waals surface area contributed by atoms with Crippen LogP contribution < -0.4 is 20.7 Å². The van der Waals surface area contributed by atoms with E-state index in [1.54, 1.807) is 7.11 Å². The molecule has 3 N–H and O–H groups in total. The Morgan fingerprint density at radius 1 is 1.14 bits per heavy atom. The molecule has 116 valence electrons. The molecule has 1 atom stereocenters. The first kappa shape index (κ1) is 14.6. The Kier molecular flexibility index (Phi) is 4.33. The van der Waals surface area contributed by atoms with E-state index < -0.39 is 0 Å². The highest BCUT2D eigenvalue weighted by molar-refractivity contribution is 5.45. The zero-order chi connectivity index (χ0) is 14.7. The van der Waals surface area contributed by atoms with Gasteiger partial charge in [-0.05, 0) is 30.5 Å². The van der Waals surface area contributed by atoms with Crippen LogP contribution in [-0.4, -0.2) is 25.9 Å². The quantitative estimate of drug-likeness (QED) is 0.658. The second kappa shape index (κ2) is 6.22. The molecule has 1 saturated carbocycles. The van der Waals surface area contributed by atoms with E-state index in [2.05, 4.69) is 11.5 Å². The minimum atomic E-state index is -0.228. The highest BCUT2D eigenvalue weighted by Gasteiger charge is 2.42. The molecule has 1 aromatic rings. The number of fused-ring (bicyclic) bond motifs is 1. The minimum absolute atomic E-state index is 0.0397. The van der Waals surface area contributed by atoms with Gasteiger partial charge in [-0.25, -0.2) is 0 Å². The summed E-state index contributed by atoms with van der Waals surface area (Å²) in [5.74, 6) is 7.46. The minimum Gasteiger partial charge on any atom is -0.490 e. The number of rotatable bonds is 4. The third kappa shape index (κ3) is 2.73. The molecule has 2 aliphatic rings. The summed E-state index contributed by atoms with van der Waals surface area (Å²) < 4.78 is 17.3. The van der Waals surface area contributed by atoms with Crippen molar-refractivity contribution in [1.29, 1.82) is 0 Å². The number of nitrogens with one attached hydrogen (secondary N) is 1. The summed E-state index contributed by atoms with van der Waals surface area (Å²) in [4.78, 5) is 0. The average molecular weight is 292 g/mol. The van der Waals surface area contributed by atoms with Gasteiger partial charge in [0.05, 0.1) is 24.9 Å². The van der Waals surface area contributed by atoms with Crippen LogP contribution in [0.4, 0.5) is 0 Å². The predicted molar refractivity (Wildman–Crippen MR) is 80.3 cm³/mol. The molecule has 0 saturated heterocycles. The van der Waals surface area contributed by atoms with Gasteiger partial charge in [0, 0.05) is 13.5 Å². The molecule has 0 radical (unpaired) electrons. The molecule has 0 aromatic heterocycles. The molecule has 1 aliphatic heterocycles. The van der Waals surface area contributed by atoms with Crippen LogP contribution in [-0.2, 0) is 4.74 Å². The maximum absolute atomic E-state index is 5.86. The van der Waals surface area contributed by atoms with Gasteiger partial charge in [0.15, 0.2) is 11.5 Å². The third-order valence-electron chi connectivity index (χ3n) is 4.65. The lowest BCUT2D eigenvalue weighted by Gasteiger charge is -2.36. The molecular formula is C16H24N2O3. The number of nitrogens with two attached hydrogens (primary N) is 1. The number of ether oxygens (including phenoxy) is 3. The molecule has 1 aliphatic carbocycles. The van der Waals surface area contributed by atoms with E-state index in [0.29, 0.717) is 13.2 Å². The maximum Gasteiger partial charge on any atom is 0.161 e. The Bertz CT molecular complexity index is 486. The number of hydrogen-bond donors (Lipinski definition) is 2. The zero-order valence-corrected chi connectivity index (χ0v) is 12.6. The van der Waals surface area contributed by atoms with E-state index in [9.17, 15) is 0 Å². The first-order valence-corrected chi connectivity index (χ1v) is 7.70. The van der Waals surface area contributed by atoms with Gasteiger partial charge in [-0.1, -0.05) is 18.9 Å². The second-order valence-electron chi connectivity index (χ2n) is 5.83. The lowest BCUT2D eigenvalue weighted by molar-refractivity contribution is -0.0369. The lowest BCUT2D eigenvalue weighted by Crippen LogP contribution is -2.46. The van der Waals surface area contributed by atoms with Crippen molar-refractivity contribution in [3.05, 3.63) is 23.8 Å². The Hall–Kier alpha value is -1.30. The standard InChI is InChI=1S/C16H24N2O3/c1-19-16(7-2-3-8-16)15(18-17)12-5-6-13-14(11-12)21-10-4-9-20-13/h5-6,11,15,18H,2-4,7-10,17H2,1H3. The van der Waals surface area contributed by atoms with Crippen molar-refractivity contribution < 1.29 is 14.2 Å². The van der Waals surface area contributed by atoms with Crippen LogP contribution in [0.2, 0.25) is 0 Å². The lowest BCUT2D eigenvalue weighted by atomic mass is 9.87. The van der Waals surface area contributed by atoms with E-state index in [1.807, 2.05) is 12.1 Å². The van der Waals surface area contributed by atoms with Crippen molar-refractivity contribution in [2.45, 2.75) is 43.7 Å². The SMILES string of the molecule is COC1(C(NN)c2ccc3c(c2)OCCCO3)CCCC1. The number of hydrogen-bond acceptors (Lipinski definition) is 5. The van der Waals surface area contributed by atoms with Gasteiger partial charge < -0.3 is 14.2 Å². The monoisotopic (exact) mass is 292 g/mol. The maximum atomic E-state index is 5.86. The molecule has 0 spiro atoms. The topological polar surface area (TPSA) is 65.7 Å². The van der Waals surface area contributed by atoms with Crippen LogP contribution >= 0.6 is 0 Å². The summed E-state index contributed by atoms with van der Waals surface area (Å²) in [7, 11) is 1.78.